The van der Waals surface area contributed by atoms with E-state index in [1.54, 1.807) is 0 Å². The fourth-order valence-electron chi connectivity index (χ4n) is 6.71. The Hall–Kier alpha value is -1.49. The topological polar surface area (TPSA) is 80.7 Å². The Balaban J connectivity index is 1.92. The normalized spacial score (nSPS) is 48.2. The number of aliphatic hydroxyl groups is 1. The highest BCUT2D eigenvalue weighted by atomic mass is 16.5. The third kappa shape index (κ3) is 1.85. The maximum absolute atomic E-state index is 13.1. The number of carbonyl (C=O) groups is 3. The average Bonchev–Trinajstić information content (AvgIpc) is 2.73. The Bertz CT molecular complexity index is 680. The fraction of sp³-hybridized carbons (Fsp3) is 0.750. The van der Waals surface area contributed by atoms with Crippen molar-refractivity contribution in [1.29, 1.82) is 0 Å². The molecule has 4 fully saturated rings. The number of hydrogen-bond donors (Lipinski definition) is 1. The molecule has 4 aliphatic rings. The molecule has 0 aromatic carbocycles. The molecule has 25 heavy (non-hydrogen) atoms. The summed E-state index contributed by atoms with van der Waals surface area (Å²) in [5, 5.41) is 11.0. The molecule has 0 radical (unpaired) electrons. The predicted octanol–water partition coefficient (Wildman–Crippen LogP) is 2.07. The molecule has 2 unspecified atom stereocenters. The minimum absolute atomic E-state index is 0.118. The lowest BCUT2D eigenvalue weighted by atomic mass is 9.44. The first-order chi connectivity index (χ1) is 11.7. The molecule has 2 spiro atoms. The summed E-state index contributed by atoms with van der Waals surface area (Å²) in [5.74, 6) is -1.86. The molecule has 1 aliphatic heterocycles. The Morgan fingerprint density at radius 3 is 2.68 bits per heavy atom. The Kier molecular flexibility index (Phi) is 3.41. The maximum Gasteiger partial charge on any atom is 0.320 e. The van der Waals surface area contributed by atoms with E-state index in [1.807, 2.05) is 0 Å². The second-order valence-corrected chi connectivity index (χ2v) is 9.27. The van der Waals surface area contributed by atoms with Gasteiger partial charge in [0.15, 0.2) is 5.78 Å². The molecule has 5 nitrogen and oxygen atoms in total. The van der Waals surface area contributed by atoms with E-state index in [4.69, 9.17) is 4.74 Å². The molecule has 136 valence electrons. The van der Waals surface area contributed by atoms with Gasteiger partial charge in [0.25, 0.3) is 0 Å². The van der Waals surface area contributed by atoms with Gasteiger partial charge in [-0.1, -0.05) is 26.8 Å². The number of cyclic esters (lactones) is 1. The molecule has 4 rings (SSSR count). The van der Waals surface area contributed by atoms with E-state index in [0.29, 0.717) is 24.8 Å². The lowest BCUT2D eigenvalue weighted by molar-refractivity contribution is -0.225. The number of rotatable bonds is 1. The van der Waals surface area contributed by atoms with Crippen molar-refractivity contribution in [3.63, 3.8) is 0 Å². The Labute approximate surface area is 147 Å². The van der Waals surface area contributed by atoms with Crippen molar-refractivity contribution in [2.45, 2.75) is 52.1 Å². The van der Waals surface area contributed by atoms with Crippen molar-refractivity contribution in [3.05, 3.63) is 12.2 Å². The molecule has 1 heterocycles. The molecule has 2 bridgehead atoms. The third-order valence-electron chi connectivity index (χ3n) is 7.72. The summed E-state index contributed by atoms with van der Waals surface area (Å²) >= 11 is 0. The number of ether oxygens (including phenoxy) is 1. The van der Waals surface area contributed by atoms with Gasteiger partial charge < -0.3 is 14.6 Å². The number of ketones is 1. The molecule has 0 aromatic heterocycles. The van der Waals surface area contributed by atoms with Crippen molar-refractivity contribution in [2.75, 3.05) is 6.61 Å². The average molecular weight is 346 g/mol. The summed E-state index contributed by atoms with van der Waals surface area (Å²) < 4.78 is 5.58. The summed E-state index contributed by atoms with van der Waals surface area (Å²) in [5.41, 5.74) is -1.82. The van der Waals surface area contributed by atoms with Crippen LogP contribution in [0.25, 0.3) is 0 Å². The zero-order chi connectivity index (χ0) is 18.2. The van der Waals surface area contributed by atoms with Crippen molar-refractivity contribution in [1.82, 2.24) is 0 Å². The van der Waals surface area contributed by atoms with E-state index < -0.39 is 28.8 Å². The standard InChI is InChI=1S/C20H26O5/c1-11-12-7-13(22)15-19(6-4-5-18(2,3)14(19)9-21)10-25-17(24)20(15,8-12)16(11)23/h9,12-15,22H,1,4-8,10H2,2-3H3/t12-,13+,14?,15-,19-,20?/m0/s1. The van der Waals surface area contributed by atoms with Crippen molar-refractivity contribution >= 4 is 18.0 Å². The van der Waals surface area contributed by atoms with Crippen LogP contribution in [0.3, 0.4) is 0 Å². The van der Waals surface area contributed by atoms with Gasteiger partial charge in [-0.05, 0) is 42.6 Å². The van der Waals surface area contributed by atoms with Gasteiger partial charge >= 0.3 is 5.97 Å². The van der Waals surface area contributed by atoms with E-state index in [0.717, 1.165) is 19.1 Å². The van der Waals surface area contributed by atoms with Crippen LogP contribution in [-0.4, -0.2) is 35.9 Å². The van der Waals surface area contributed by atoms with Crippen LogP contribution in [0.2, 0.25) is 0 Å². The summed E-state index contributed by atoms with van der Waals surface area (Å²) in [6.45, 7) is 8.13. The first-order valence-corrected chi connectivity index (χ1v) is 9.25. The van der Waals surface area contributed by atoms with Crippen molar-refractivity contribution in [3.8, 4) is 0 Å². The lowest BCUT2D eigenvalue weighted by Gasteiger charge is -2.60. The van der Waals surface area contributed by atoms with Gasteiger partial charge in [0, 0.05) is 17.3 Å². The van der Waals surface area contributed by atoms with Gasteiger partial charge in [0.2, 0.25) is 0 Å². The number of aliphatic hydroxyl groups excluding tert-OH is 1. The van der Waals surface area contributed by atoms with Gasteiger partial charge in [0.05, 0.1) is 12.7 Å². The first-order valence-electron chi connectivity index (χ1n) is 9.25. The molecule has 3 aliphatic carbocycles. The zero-order valence-electron chi connectivity index (χ0n) is 14.9. The Morgan fingerprint density at radius 1 is 1.28 bits per heavy atom. The van der Waals surface area contributed by atoms with E-state index in [-0.39, 0.29) is 29.6 Å². The first kappa shape index (κ1) is 17.0. The van der Waals surface area contributed by atoms with Gasteiger partial charge in [-0.2, -0.15) is 0 Å². The fourth-order valence-corrected chi connectivity index (χ4v) is 6.71. The van der Waals surface area contributed by atoms with Crippen LogP contribution in [0, 0.1) is 34.0 Å². The SMILES string of the molecule is C=C1C(=O)C23C[C@@H]1C[C@@H](O)[C@H]2[C@@]1(CCCC(C)(C)C1C=O)COC3=O. The van der Waals surface area contributed by atoms with Gasteiger partial charge in [-0.15, -0.1) is 0 Å². The molecule has 1 N–H and O–H groups in total. The van der Waals surface area contributed by atoms with Crippen LogP contribution in [0.1, 0.15) is 46.0 Å². The van der Waals surface area contributed by atoms with Crippen LogP contribution in [0.15, 0.2) is 12.2 Å². The van der Waals surface area contributed by atoms with Crippen LogP contribution in [-0.2, 0) is 19.1 Å². The van der Waals surface area contributed by atoms with Crippen molar-refractivity contribution < 1.29 is 24.2 Å². The Morgan fingerprint density at radius 2 is 2.00 bits per heavy atom. The predicted molar refractivity (Wildman–Crippen MR) is 89.4 cm³/mol. The quantitative estimate of drug-likeness (QED) is 0.340. The molecular formula is C20H26O5. The molecule has 3 saturated carbocycles. The second-order valence-electron chi connectivity index (χ2n) is 9.27. The highest BCUT2D eigenvalue weighted by Gasteiger charge is 2.74. The second kappa shape index (κ2) is 5.03. The zero-order valence-corrected chi connectivity index (χ0v) is 14.9. The van der Waals surface area contributed by atoms with Crippen molar-refractivity contribution in [2.24, 2.45) is 34.0 Å². The smallest absolute Gasteiger partial charge is 0.320 e. The van der Waals surface area contributed by atoms with Crippen LogP contribution < -0.4 is 0 Å². The molecule has 0 aromatic rings. The molecule has 5 heteroatoms. The van der Waals surface area contributed by atoms with Crippen LogP contribution in [0.5, 0.6) is 0 Å². The summed E-state index contributed by atoms with van der Waals surface area (Å²) in [7, 11) is 0. The van der Waals surface area contributed by atoms with Crippen LogP contribution >= 0.6 is 0 Å². The molecule has 6 atom stereocenters. The number of Topliss-reactive ketones (excluding diaryl/α,β-unsaturated/α-hetero) is 1. The lowest BCUT2D eigenvalue weighted by Crippen LogP contribution is -2.66. The summed E-state index contributed by atoms with van der Waals surface area (Å²) in [4.78, 5) is 38.0. The molecular weight excluding hydrogens is 320 g/mol. The van der Waals surface area contributed by atoms with E-state index in [1.165, 1.54) is 0 Å². The van der Waals surface area contributed by atoms with Crippen LogP contribution in [0.4, 0.5) is 0 Å². The molecule has 0 amide bonds. The number of carbonyl (C=O) groups excluding carboxylic acids is 3. The van der Waals surface area contributed by atoms with E-state index in [2.05, 4.69) is 20.4 Å². The van der Waals surface area contributed by atoms with E-state index in [9.17, 15) is 19.5 Å². The number of aldehydes is 1. The number of esters is 1. The highest BCUT2D eigenvalue weighted by molar-refractivity contribution is 6.15. The monoisotopic (exact) mass is 346 g/mol. The summed E-state index contributed by atoms with van der Waals surface area (Å²) in [6, 6.07) is 0. The van der Waals surface area contributed by atoms with Gasteiger partial charge in [-0.25, -0.2) is 0 Å². The number of fused-ring (bicyclic) bond motifs is 2. The highest BCUT2D eigenvalue weighted by Crippen LogP contribution is 2.67. The van der Waals surface area contributed by atoms with Gasteiger partial charge in [-0.3, -0.25) is 9.59 Å². The molecule has 1 saturated heterocycles. The minimum Gasteiger partial charge on any atom is -0.464 e. The third-order valence-corrected chi connectivity index (χ3v) is 7.72. The van der Waals surface area contributed by atoms with Gasteiger partial charge in [0.1, 0.15) is 11.7 Å². The van der Waals surface area contributed by atoms with E-state index >= 15 is 0 Å². The largest absolute Gasteiger partial charge is 0.464 e. The number of hydrogen-bond acceptors (Lipinski definition) is 5. The number of allylic oxidation sites excluding steroid dienone is 1. The summed E-state index contributed by atoms with van der Waals surface area (Å²) in [6.07, 6.45) is 3.50. The minimum atomic E-state index is -1.34. The maximum atomic E-state index is 13.1.